The van der Waals surface area contributed by atoms with E-state index in [0.29, 0.717) is 6.07 Å². The average Bonchev–Trinajstić information content (AvgIpc) is 2.46. The lowest BCUT2D eigenvalue weighted by Crippen LogP contribution is -2.14. The highest BCUT2D eigenvalue weighted by Gasteiger charge is 2.30. The van der Waals surface area contributed by atoms with E-state index in [2.05, 4.69) is 0 Å². The molecule has 0 N–H and O–H groups in total. The van der Waals surface area contributed by atoms with Crippen molar-refractivity contribution >= 4 is 5.78 Å². The van der Waals surface area contributed by atoms with Crippen molar-refractivity contribution in [2.45, 2.75) is 6.92 Å². The van der Waals surface area contributed by atoms with Gasteiger partial charge in [-0.25, -0.2) is 26.3 Å². The van der Waals surface area contributed by atoms with Gasteiger partial charge in [-0.05, 0) is 18.6 Å². The minimum atomic E-state index is -2.36. The number of carbonyl (C=O) groups excluding carboxylic acids is 1. The molecule has 0 heterocycles. The van der Waals surface area contributed by atoms with E-state index in [0.717, 1.165) is 12.1 Å². The van der Waals surface area contributed by atoms with E-state index < -0.39 is 51.8 Å². The molecule has 0 fully saturated rings. The van der Waals surface area contributed by atoms with Gasteiger partial charge in [0.05, 0.1) is 0 Å². The van der Waals surface area contributed by atoms with Crippen LogP contribution in [0.2, 0.25) is 0 Å². The Kier molecular flexibility index (Phi) is 3.76. The lowest BCUT2D eigenvalue weighted by molar-refractivity contribution is 0.102. The molecular weight excluding hydrogens is 298 g/mol. The molecule has 0 spiro atoms. The SMILES string of the molecule is Cc1ccc(C(=O)c2c(F)c(F)c(F)c(F)c2F)cc1F. The van der Waals surface area contributed by atoms with Gasteiger partial charge in [-0.3, -0.25) is 4.79 Å². The fraction of sp³-hybridized carbons (Fsp3) is 0.0714. The van der Waals surface area contributed by atoms with Crippen LogP contribution >= 0.6 is 0 Å². The van der Waals surface area contributed by atoms with Gasteiger partial charge in [0.15, 0.2) is 29.1 Å². The predicted octanol–water partition coefficient (Wildman–Crippen LogP) is 4.06. The summed E-state index contributed by atoms with van der Waals surface area (Å²) in [4.78, 5) is 11.9. The number of hydrogen-bond acceptors (Lipinski definition) is 1. The number of benzene rings is 2. The van der Waals surface area contributed by atoms with Crippen molar-refractivity contribution in [2.75, 3.05) is 0 Å². The number of aryl methyl sites for hydroxylation is 1. The molecular formula is C14H6F6O. The topological polar surface area (TPSA) is 17.1 Å². The molecule has 2 rings (SSSR count). The molecule has 1 nitrogen and oxygen atoms in total. The van der Waals surface area contributed by atoms with Gasteiger partial charge in [-0.2, -0.15) is 0 Å². The molecule has 110 valence electrons. The first kappa shape index (κ1) is 15.1. The molecule has 0 aliphatic rings. The second kappa shape index (κ2) is 5.23. The number of carbonyl (C=O) groups is 1. The quantitative estimate of drug-likeness (QED) is 0.354. The van der Waals surface area contributed by atoms with Crippen molar-refractivity contribution in [2.24, 2.45) is 0 Å². The summed E-state index contributed by atoms with van der Waals surface area (Å²) in [6.45, 7) is 1.38. The summed E-state index contributed by atoms with van der Waals surface area (Å²) in [7, 11) is 0. The lowest BCUT2D eigenvalue weighted by atomic mass is 10.0. The van der Waals surface area contributed by atoms with Crippen LogP contribution in [0.1, 0.15) is 21.5 Å². The molecule has 0 bridgehead atoms. The summed E-state index contributed by atoms with van der Waals surface area (Å²) >= 11 is 0. The highest BCUT2D eigenvalue weighted by atomic mass is 19.2. The molecule has 0 saturated carbocycles. The monoisotopic (exact) mass is 304 g/mol. The van der Waals surface area contributed by atoms with Crippen molar-refractivity contribution in [3.05, 3.63) is 69.8 Å². The average molecular weight is 304 g/mol. The summed E-state index contributed by atoms with van der Waals surface area (Å²) in [5.74, 6) is -13.7. The van der Waals surface area contributed by atoms with Crippen LogP contribution in [-0.2, 0) is 0 Å². The summed E-state index contributed by atoms with van der Waals surface area (Å²) < 4.78 is 79.2. The summed E-state index contributed by atoms with van der Waals surface area (Å²) in [6.07, 6.45) is 0. The Balaban J connectivity index is 2.66. The van der Waals surface area contributed by atoms with E-state index in [1.807, 2.05) is 0 Å². The first-order valence-corrected chi connectivity index (χ1v) is 5.58. The van der Waals surface area contributed by atoms with E-state index in [1.54, 1.807) is 0 Å². The fourth-order valence-corrected chi connectivity index (χ4v) is 1.68. The maximum atomic E-state index is 13.5. The molecule has 0 saturated heterocycles. The van der Waals surface area contributed by atoms with Crippen LogP contribution in [0.4, 0.5) is 26.3 Å². The fourth-order valence-electron chi connectivity index (χ4n) is 1.68. The first-order chi connectivity index (χ1) is 9.75. The number of halogens is 6. The molecule has 0 aliphatic carbocycles. The zero-order valence-electron chi connectivity index (χ0n) is 10.4. The Hall–Kier alpha value is -2.31. The van der Waals surface area contributed by atoms with E-state index in [4.69, 9.17) is 0 Å². The molecule has 21 heavy (non-hydrogen) atoms. The van der Waals surface area contributed by atoms with Gasteiger partial charge < -0.3 is 0 Å². The van der Waals surface area contributed by atoms with Crippen molar-refractivity contribution in [3.8, 4) is 0 Å². The molecule has 0 atom stereocenters. The zero-order chi connectivity index (χ0) is 15.9. The maximum Gasteiger partial charge on any atom is 0.200 e. The Morgan fingerprint density at radius 3 is 1.76 bits per heavy atom. The van der Waals surface area contributed by atoms with E-state index >= 15 is 0 Å². The molecule has 7 heteroatoms. The van der Waals surface area contributed by atoms with Crippen LogP contribution in [0.15, 0.2) is 18.2 Å². The highest BCUT2D eigenvalue weighted by molar-refractivity contribution is 6.09. The van der Waals surface area contributed by atoms with E-state index in [-0.39, 0.29) is 5.56 Å². The lowest BCUT2D eigenvalue weighted by Gasteiger charge is -2.08. The van der Waals surface area contributed by atoms with Crippen LogP contribution < -0.4 is 0 Å². The second-order valence-electron chi connectivity index (χ2n) is 4.24. The smallest absolute Gasteiger partial charge is 0.200 e. The molecule has 0 aromatic heterocycles. The minimum Gasteiger partial charge on any atom is -0.288 e. The van der Waals surface area contributed by atoms with Crippen LogP contribution in [0.3, 0.4) is 0 Å². The van der Waals surface area contributed by atoms with Crippen molar-refractivity contribution in [1.29, 1.82) is 0 Å². The maximum absolute atomic E-state index is 13.5. The molecule has 2 aromatic carbocycles. The summed E-state index contributed by atoms with van der Waals surface area (Å²) in [5, 5.41) is 0. The van der Waals surface area contributed by atoms with Crippen molar-refractivity contribution < 1.29 is 31.1 Å². The van der Waals surface area contributed by atoms with Crippen LogP contribution in [-0.4, -0.2) is 5.78 Å². The second-order valence-corrected chi connectivity index (χ2v) is 4.24. The van der Waals surface area contributed by atoms with Crippen LogP contribution in [0, 0.1) is 41.8 Å². The Morgan fingerprint density at radius 1 is 0.810 bits per heavy atom. The first-order valence-electron chi connectivity index (χ1n) is 5.58. The summed E-state index contributed by atoms with van der Waals surface area (Å²) in [5.41, 5.74) is -1.99. The van der Waals surface area contributed by atoms with Crippen LogP contribution in [0.5, 0.6) is 0 Å². The minimum absolute atomic E-state index is 0.156. The molecule has 0 radical (unpaired) electrons. The molecule has 0 aliphatic heterocycles. The number of hydrogen-bond donors (Lipinski definition) is 0. The van der Waals surface area contributed by atoms with E-state index in [1.165, 1.54) is 6.92 Å². The van der Waals surface area contributed by atoms with Gasteiger partial charge in [0.2, 0.25) is 5.82 Å². The number of ketones is 1. The zero-order valence-corrected chi connectivity index (χ0v) is 10.4. The molecule has 0 amide bonds. The van der Waals surface area contributed by atoms with Crippen molar-refractivity contribution in [1.82, 2.24) is 0 Å². The molecule has 0 unspecified atom stereocenters. The third kappa shape index (κ3) is 2.39. The third-order valence-electron chi connectivity index (χ3n) is 2.87. The Labute approximate surface area is 114 Å². The van der Waals surface area contributed by atoms with Gasteiger partial charge in [0, 0.05) is 5.56 Å². The predicted molar refractivity (Wildman–Crippen MR) is 60.8 cm³/mol. The van der Waals surface area contributed by atoms with Crippen LogP contribution in [0.25, 0.3) is 0 Å². The standard InChI is InChI=1S/C14H6F6O/c1-5-2-3-6(4-7(5)15)14(21)8-9(16)11(18)13(20)12(19)10(8)17/h2-4H,1H3. The normalized spacial score (nSPS) is 10.8. The molecule has 2 aromatic rings. The largest absolute Gasteiger partial charge is 0.288 e. The Bertz CT molecular complexity index is 725. The van der Waals surface area contributed by atoms with Gasteiger partial charge >= 0.3 is 0 Å². The Morgan fingerprint density at radius 2 is 1.29 bits per heavy atom. The number of rotatable bonds is 2. The van der Waals surface area contributed by atoms with Gasteiger partial charge in [-0.15, -0.1) is 0 Å². The van der Waals surface area contributed by atoms with Gasteiger partial charge in [0.1, 0.15) is 11.4 Å². The third-order valence-corrected chi connectivity index (χ3v) is 2.87. The van der Waals surface area contributed by atoms with Gasteiger partial charge in [-0.1, -0.05) is 12.1 Å². The van der Waals surface area contributed by atoms with Gasteiger partial charge in [0.25, 0.3) is 0 Å². The van der Waals surface area contributed by atoms with Crippen molar-refractivity contribution in [3.63, 3.8) is 0 Å². The summed E-state index contributed by atoms with van der Waals surface area (Å²) in [6, 6.07) is 2.84. The highest BCUT2D eigenvalue weighted by Crippen LogP contribution is 2.25. The van der Waals surface area contributed by atoms with E-state index in [9.17, 15) is 31.1 Å².